The molecule has 62 valence electrons. The normalized spacial score (nSPS) is 8.50. The number of aromatic nitrogens is 2. The molecule has 0 fully saturated rings. The lowest BCUT2D eigenvalue weighted by Gasteiger charge is -1.99. The summed E-state index contributed by atoms with van der Waals surface area (Å²) in [4.78, 5) is 7.85. The third-order valence-corrected chi connectivity index (χ3v) is 1.25. The summed E-state index contributed by atoms with van der Waals surface area (Å²) in [6.45, 7) is 4.04. The third kappa shape index (κ3) is 2.59. The Balaban J connectivity index is 2.55. The predicted octanol–water partition coefficient (Wildman–Crippen LogP) is 1.19. The van der Waals surface area contributed by atoms with E-state index < -0.39 is 0 Å². The first-order chi connectivity index (χ1) is 5.83. The van der Waals surface area contributed by atoms with Crippen LogP contribution in [0.3, 0.4) is 0 Å². The Morgan fingerprint density at radius 3 is 3.00 bits per heavy atom. The van der Waals surface area contributed by atoms with Crippen molar-refractivity contribution in [2.24, 2.45) is 0 Å². The maximum Gasteiger partial charge on any atom is 0.217 e. The molecule has 0 amide bonds. The zero-order valence-electron chi connectivity index (χ0n) is 7.16. The van der Waals surface area contributed by atoms with Gasteiger partial charge in [0, 0.05) is 11.8 Å². The first-order valence-electron chi connectivity index (χ1n) is 3.64. The quantitative estimate of drug-likeness (QED) is 0.612. The molecule has 0 unspecified atom stereocenters. The molecular weight excluding hydrogens is 152 g/mol. The highest BCUT2D eigenvalue weighted by Gasteiger charge is 1.92. The smallest absolute Gasteiger partial charge is 0.217 e. The Hall–Kier alpha value is -1.56. The highest BCUT2D eigenvalue weighted by Crippen LogP contribution is 2.04. The van der Waals surface area contributed by atoms with Gasteiger partial charge >= 0.3 is 0 Å². The van der Waals surface area contributed by atoms with Gasteiger partial charge in [-0.15, -0.1) is 5.92 Å². The molecule has 0 atom stereocenters. The summed E-state index contributed by atoms with van der Waals surface area (Å²) >= 11 is 0. The van der Waals surface area contributed by atoms with Gasteiger partial charge in [-0.05, 0) is 13.8 Å². The van der Waals surface area contributed by atoms with Crippen molar-refractivity contribution in [1.82, 2.24) is 9.97 Å². The topological polar surface area (TPSA) is 35.0 Å². The average Bonchev–Trinajstić information content (AvgIpc) is 2.05. The average molecular weight is 162 g/mol. The second-order valence-corrected chi connectivity index (χ2v) is 2.21. The molecule has 3 heteroatoms. The summed E-state index contributed by atoms with van der Waals surface area (Å²) in [5.74, 6) is 6.09. The molecule has 0 bridgehead atoms. The lowest BCUT2D eigenvalue weighted by Crippen LogP contribution is -1.97. The maximum absolute atomic E-state index is 5.20. The van der Waals surface area contributed by atoms with E-state index in [1.54, 1.807) is 13.0 Å². The fourth-order valence-electron chi connectivity index (χ4n) is 0.691. The molecule has 0 N–H and O–H groups in total. The van der Waals surface area contributed by atoms with E-state index >= 15 is 0 Å². The van der Waals surface area contributed by atoms with Crippen LogP contribution in [0.25, 0.3) is 0 Å². The Labute approximate surface area is 71.8 Å². The standard InChI is InChI=1S/C9H10N2O/c1-3-4-5-12-9-6-8(2)10-7-11-9/h6-7H,5H2,1-2H3. The van der Waals surface area contributed by atoms with E-state index in [4.69, 9.17) is 4.74 Å². The van der Waals surface area contributed by atoms with Crippen LogP contribution in [0.1, 0.15) is 12.6 Å². The van der Waals surface area contributed by atoms with E-state index in [2.05, 4.69) is 21.8 Å². The van der Waals surface area contributed by atoms with Crippen molar-refractivity contribution in [3.63, 3.8) is 0 Å². The zero-order valence-corrected chi connectivity index (χ0v) is 7.16. The molecular formula is C9H10N2O. The molecule has 0 radical (unpaired) electrons. The minimum absolute atomic E-state index is 0.382. The molecule has 1 aromatic heterocycles. The lowest BCUT2D eigenvalue weighted by molar-refractivity contribution is 0.354. The van der Waals surface area contributed by atoms with Crippen LogP contribution in [0, 0.1) is 18.8 Å². The van der Waals surface area contributed by atoms with Crippen LogP contribution in [0.5, 0.6) is 5.88 Å². The Kier molecular flexibility index (Phi) is 3.09. The van der Waals surface area contributed by atoms with Crippen molar-refractivity contribution in [2.75, 3.05) is 6.61 Å². The van der Waals surface area contributed by atoms with E-state index in [9.17, 15) is 0 Å². The highest BCUT2D eigenvalue weighted by molar-refractivity contribution is 5.12. The van der Waals surface area contributed by atoms with E-state index in [1.165, 1.54) is 6.33 Å². The van der Waals surface area contributed by atoms with Crippen molar-refractivity contribution in [1.29, 1.82) is 0 Å². The van der Waals surface area contributed by atoms with Gasteiger partial charge in [-0.3, -0.25) is 0 Å². The molecule has 0 spiro atoms. The molecule has 0 saturated carbocycles. The summed E-state index contributed by atoms with van der Waals surface area (Å²) in [5, 5.41) is 0. The highest BCUT2D eigenvalue weighted by atomic mass is 16.5. The number of nitrogens with zero attached hydrogens (tertiary/aromatic N) is 2. The van der Waals surface area contributed by atoms with Crippen LogP contribution in [0.2, 0.25) is 0 Å². The number of aryl methyl sites for hydroxylation is 1. The van der Waals surface area contributed by atoms with Crippen LogP contribution >= 0.6 is 0 Å². The van der Waals surface area contributed by atoms with Crippen LogP contribution in [-0.4, -0.2) is 16.6 Å². The third-order valence-electron chi connectivity index (χ3n) is 1.25. The molecule has 12 heavy (non-hydrogen) atoms. The van der Waals surface area contributed by atoms with Crippen LogP contribution in [0.15, 0.2) is 12.4 Å². The van der Waals surface area contributed by atoms with E-state index in [0.29, 0.717) is 12.5 Å². The number of rotatable bonds is 2. The molecule has 0 saturated heterocycles. The van der Waals surface area contributed by atoms with Gasteiger partial charge in [0.15, 0.2) is 6.61 Å². The largest absolute Gasteiger partial charge is 0.464 e. The van der Waals surface area contributed by atoms with Gasteiger partial charge in [0.25, 0.3) is 0 Å². The van der Waals surface area contributed by atoms with Crippen molar-refractivity contribution < 1.29 is 4.74 Å². The Morgan fingerprint density at radius 2 is 2.33 bits per heavy atom. The van der Waals surface area contributed by atoms with Gasteiger partial charge < -0.3 is 4.74 Å². The zero-order chi connectivity index (χ0) is 8.81. The summed E-state index contributed by atoms with van der Waals surface area (Å²) in [6.07, 6.45) is 1.48. The molecule has 0 aliphatic rings. The van der Waals surface area contributed by atoms with Gasteiger partial charge in [0.05, 0.1) is 0 Å². The van der Waals surface area contributed by atoms with E-state index in [-0.39, 0.29) is 0 Å². The molecule has 0 aliphatic heterocycles. The van der Waals surface area contributed by atoms with Gasteiger partial charge in [-0.25, -0.2) is 9.97 Å². The molecule has 3 nitrogen and oxygen atoms in total. The van der Waals surface area contributed by atoms with E-state index in [0.717, 1.165) is 5.69 Å². The summed E-state index contributed by atoms with van der Waals surface area (Å²) in [6, 6.07) is 1.78. The van der Waals surface area contributed by atoms with Crippen molar-refractivity contribution >= 4 is 0 Å². The van der Waals surface area contributed by atoms with E-state index in [1.807, 2.05) is 6.92 Å². The summed E-state index contributed by atoms with van der Waals surface area (Å²) < 4.78 is 5.20. The predicted molar refractivity (Wildman–Crippen MR) is 45.7 cm³/mol. The van der Waals surface area contributed by atoms with Gasteiger partial charge in [0.2, 0.25) is 5.88 Å². The first kappa shape index (κ1) is 8.54. The second-order valence-electron chi connectivity index (χ2n) is 2.21. The SMILES string of the molecule is CC#CCOc1cc(C)ncn1. The van der Waals surface area contributed by atoms with Crippen LogP contribution in [-0.2, 0) is 0 Å². The molecule has 1 aromatic rings. The summed E-state index contributed by atoms with van der Waals surface area (Å²) in [7, 11) is 0. The molecule has 1 rings (SSSR count). The molecule has 0 aromatic carbocycles. The minimum Gasteiger partial charge on any atom is -0.464 e. The monoisotopic (exact) mass is 162 g/mol. The number of ether oxygens (including phenoxy) is 1. The maximum atomic E-state index is 5.20. The number of hydrogen-bond acceptors (Lipinski definition) is 3. The van der Waals surface area contributed by atoms with Gasteiger partial charge in [0.1, 0.15) is 6.33 Å². The minimum atomic E-state index is 0.382. The number of hydrogen-bond donors (Lipinski definition) is 0. The second kappa shape index (κ2) is 4.35. The van der Waals surface area contributed by atoms with Crippen molar-refractivity contribution in [3.05, 3.63) is 18.1 Å². The van der Waals surface area contributed by atoms with Crippen molar-refractivity contribution in [2.45, 2.75) is 13.8 Å². The Bertz CT molecular complexity index is 312. The van der Waals surface area contributed by atoms with Gasteiger partial charge in [-0.1, -0.05) is 5.92 Å². The fraction of sp³-hybridized carbons (Fsp3) is 0.333. The molecule has 1 heterocycles. The summed E-state index contributed by atoms with van der Waals surface area (Å²) in [5.41, 5.74) is 0.893. The van der Waals surface area contributed by atoms with Crippen molar-refractivity contribution in [3.8, 4) is 17.7 Å². The van der Waals surface area contributed by atoms with Gasteiger partial charge in [-0.2, -0.15) is 0 Å². The fourth-order valence-corrected chi connectivity index (χ4v) is 0.691. The van der Waals surface area contributed by atoms with Crippen LogP contribution in [0.4, 0.5) is 0 Å². The lowest BCUT2D eigenvalue weighted by atomic mass is 10.4. The molecule has 0 aliphatic carbocycles. The first-order valence-corrected chi connectivity index (χ1v) is 3.64. The van der Waals surface area contributed by atoms with Crippen LogP contribution < -0.4 is 4.74 Å². The Morgan fingerprint density at radius 1 is 1.50 bits per heavy atom.